The molecule has 50 valence electrons. The van der Waals surface area contributed by atoms with Crippen LogP contribution in [0.25, 0.3) is 0 Å². The molecule has 0 amide bonds. The second-order valence-corrected chi connectivity index (χ2v) is 2.10. The molecule has 0 spiro atoms. The molecule has 0 bridgehead atoms. The molecule has 0 aromatic heterocycles. The van der Waals surface area contributed by atoms with Gasteiger partial charge in [-0.25, -0.2) is 0 Å². The van der Waals surface area contributed by atoms with Crippen molar-refractivity contribution in [2.45, 2.75) is 20.3 Å². The molecule has 1 N–H and O–H groups in total. The van der Waals surface area contributed by atoms with Gasteiger partial charge in [-0.1, -0.05) is 6.92 Å². The molecule has 3 heteroatoms. The van der Waals surface area contributed by atoms with Gasteiger partial charge in [0.25, 0.3) is 0 Å². The predicted molar refractivity (Wildman–Crippen MR) is 31.6 cm³/mol. The summed E-state index contributed by atoms with van der Waals surface area (Å²) >= 11 is 0. The Morgan fingerprint density at radius 1 is 1.89 bits per heavy atom. The van der Waals surface area contributed by atoms with Crippen LogP contribution in [-0.4, -0.2) is 11.1 Å². The molecule has 0 aliphatic rings. The van der Waals surface area contributed by atoms with Crippen LogP contribution in [0.1, 0.15) is 20.3 Å². The number of hydrogen-bond donors (Lipinski definition) is 1. The molecule has 0 aliphatic heterocycles. The fraction of sp³-hybridized carbons (Fsp3) is 0.667. The maximum atomic E-state index is 10.3. The Labute approximate surface area is 53.9 Å². The Hall–Kier alpha value is -1.04. The lowest BCUT2D eigenvalue weighted by molar-refractivity contribution is -0.144. The molecular weight excluding hydrogens is 118 g/mol. The second kappa shape index (κ2) is 2.49. The van der Waals surface area contributed by atoms with Crippen molar-refractivity contribution in [2.75, 3.05) is 0 Å². The minimum absolute atomic E-state index is 0.346. The molecule has 3 nitrogen and oxygen atoms in total. The van der Waals surface area contributed by atoms with Crippen LogP contribution in [0, 0.1) is 16.7 Å². The summed E-state index contributed by atoms with van der Waals surface area (Å²) < 4.78 is 0. The summed E-state index contributed by atoms with van der Waals surface area (Å²) in [7, 11) is 0. The normalized spacial score (nSPS) is 15.7. The third-order valence-corrected chi connectivity index (χ3v) is 1.43. The average Bonchev–Trinajstić information content (AvgIpc) is 1.86. The van der Waals surface area contributed by atoms with Gasteiger partial charge >= 0.3 is 5.97 Å². The van der Waals surface area contributed by atoms with Gasteiger partial charge < -0.3 is 5.11 Å². The SMILES string of the molecule is CC[C@@](C)(C#N)C(=O)O. The molecule has 9 heavy (non-hydrogen) atoms. The highest BCUT2D eigenvalue weighted by Gasteiger charge is 2.30. The summed E-state index contributed by atoms with van der Waals surface area (Å²) in [6.07, 6.45) is 0.346. The summed E-state index contributed by atoms with van der Waals surface area (Å²) in [6, 6.07) is 1.73. The highest BCUT2D eigenvalue weighted by atomic mass is 16.4. The van der Waals surface area contributed by atoms with Crippen LogP contribution in [0.5, 0.6) is 0 Å². The first-order valence-corrected chi connectivity index (χ1v) is 2.71. The van der Waals surface area contributed by atoms with Crippen molar-refractivity contribution >= 4 is 5.97 Å². The molecule has 0 radical (unpaired) electrons. The summed E-state index contributed by atoms with van der Waals surface area (Å²) in [4.78, 5) is 10.3. The summed E-state index contributed by atoms with van der Waals surface area (Å²) in [5.74, 6) is -1.05. The number of aliphatic carboxylic acids is 1. The van der Waals surface area contributed by atoms with E-state index in [0.29, 0.717) is 6.42 Å². The van der Waals surface area contributed by atoms with Crippen molar-refractivity contribution in [3.05, 3.63) is 0 Å². The molecule has 0 aromatic carbocycles. The third kappa shape index (κ3) is 1.43. The number of carboxylic acid groups (broad SMARTS) is 1. The fourth-order valence-corrected chi connectivity index (χ4v) is 0.278. The first-order valence-electron chi connectivity index (χ1n) is 2.71. The monoisotopic (exact) mass is 127 g/mol. The van der Waals surface area contributed by atoms with Crippen LogP contribution >= 0.6 is 0 Å². The van der Waals surface area contributed by atoms with Crippen LogP contribution in [-0.2, 0) is 4.79 Å². The lowest BCUT2D eigenvalue weighted by Gasteiger charge is -2.10. The van der Waals surface area contributed by atoms with E-state index >= 15 is 0 Å². The van der Waals surface area contributed by atoms with Gasteiger partial charge in [0.1, 0.15) is 0 Å². The van der Waals surface area contributed by atoms with Gasteiger partial charge in [0.15, 0.2) is 5.41 Å². The van der Waals surface area contributed by atoms with Crippen molar-refractivity contribution in [2.24, 2.45) is 5.41 Å². The van der Waals surface area contributed by atoms with Crippen LogP contribution in [0.15, 0.2) is 0 Å². The van der Waals surface area contributed by atoms with Crippen molar-refractivity contribution in [1.82, 2.24) is 0 Å². The maximum absolute atomic E-state index is 10.3. The highest BCUT2D eigenvalue weighted by Crippen LogP contribution is 2.18. The van der Waals surface area contributed by atoms with E-state index in [4.69, 9.17) is 10.4 Å². The zero-order chi connectivity index (χ0) is 7.49. The molecule has 0 fully saturated rings. The van der Waals surface area contributed by atoms with E-state index in [1.54, 1.807) is 13.0 Å². The highest BCUT2D eigenvalue weighted by molar-refractivity contribution is 5.77. The zero-order valence-electron chi connectivity index (χ0n) is 5.51. The molecule has 0 saturated carbocycles. The van der Waals surface area contributed by atoms with E-state index in [1.807, 2.05) is 0 Å². The van der Waals surface area contributed by atoms with E-state index in [1.165, 1.54) is 6.92 Å². The second-order valence-electron chi connectivity index (χ2n) is 2.10. The first kappa shape index (κ1) is 7.96. The molecule has 1 atom stereocenters. The largest absolute Gasteiger partial charge is 0.480 e. The van der Waals surface area contributed by atoms with Crippen molar-refractivity contribution in [1.29, 1.82) is 5.26 Å². The number of nitrogens with zero attached hydrogens (tertiary/aromatic N) is 1. The van der Waals surface area contributed by atoms with Crippen LogP contribution < -0.4 is 0 Å². The van der Waals surface area contributed by atoms with Gasteiger partial charge in [-0.2, -0.15) is 5.26 Å². The van der Waals surface area contributed by atoms with E-state index in [2.05, 4.69) is 0 Å². The molecular formula is C6H9NO2. The number of hydrogen-bond acceptors (Lipinski definition) is 2. The van der Waals surface area contributed by atoms with E-state index in [9.17, 15) is 4.79 Å². The molecule has 0 unspecified atom stereocenters. The van der Waals surface area contributed by atoms with E-state index in [-0.39, 0.29) is 0 Å². The molecule has 0 saturated heterocycles. The minimum atomic E-state index is -1.19. The fourth-order valence-electron chi connectivity index (χ4n) is 0.278. The van der Waals surface area contributed by atoms with Crippen LogP contribution in [0.3, 0.4) is 0 Å². The van der Waals surface area contributed by atoms with Crippen LogP contribution in [0.4, 0.5) is 0 Å². The standard InChI is InChI=1S/C6H9NO2/c1-3-6(2,4-7)5(8)9/h3H2,1-2H3,(H,8,9)/t6-/m0/s1. The van der Waals surface area contributed by atoms with E-state index < -0.39 is 11.4 Å². The number of carboxylic acids is 1. The zero-order valence-corrected chi connectivity index (χ0v) is 5.51. The number of carbonyl (C=O) groups is 1. The smallest absolute Gasteiger partial charge is 0.323 e. The average molecular weight is 127 g/mol. The molecule has 0 aliphatic carbocycles. The predicted octanol–water partition coefficient (Wildman–Crippen LogP) is 1.01. The summed E-state index contributed by atoms with van der Waals surface area (Å²) in [6.45, 7) is 3.09. The van der Waals surface area contributed by atoms with Crippen molar-refractivity contribution in [3.63, 3.8) is 0 Å². The van der Waals surface area contributed by atoms with Gasteiger partial charge in [0.2, 0.25) is 0 Å². The molecule has 0 heterocycles. The van der Waals surface area contributed by atoms with Gasteiger partial charge in [-0.15, -0.1) is 0 Å². The van der Waals surface area contributed by atoms with Crippen molar-refractivity contribution in [3.8, 4) is 6.07 Å². The number of nitriles is 1. The lowest BCUT2D eigenvalue weighted by Crippen LogP contribution is -2.24. The summed E-state index contributed by atoms with van der Waals surface area (Å²) in [5.41, 5.74) is -1.19. The van der Waals surface area contributed by atoms with E-state index in [0.717, 1.165) is 0 Å². The lowest BCUT2D eigenvalue weighted by atomic mass is 9.90. The molecule has 0 rings (SSSR count). The third-order valence-electron chi connectivity index (χ3n) is 1.43. The topological polar surface area (TPSA) is 61.1 Å². The van der Waals surface area contributed by atoms with Gasteiger partial charge in [-0.3, -0.25) is 4.79 Å². The van der Waals surface area contributed by atoms with Gasteiger partial charge in [0, 0.05) is 0 Å². The summed E-state index contributed by atoms with van der Waals surface area (Å²) in [5, 5.41) is 16.7. The Balaban J connectivity index is 4.33. The van der Waals surface area contributed by atoms with Gasteiger partial charge in [0.05, 0.1) is 6.07 Å². The van der Waals surface area contributed by atoms with Crippen LogP contribution in [0.2, 0.25) is 0 Å². The molecule has 0 aromatic rings. The number of rotatable bonds is 2. The first-order chi connectivity index (χ1) is 4.06. The Morgan fingerprint density at radius 2 is 2.33 bits per heavy atom. The van der Waals surface area contributed by atoms with Gasteiger partial charge in [-0.05, 0) is 13.3 Å². The Bertz CT molecular complexity index is 159. The quantitative estimate of drug-likeness (QED) is 0.602. The Morgan fingerprint density at radius 3 is 2.33 bits per heavy atom. The van der Waals surface area contributed by atoms with Crippen molar-refractivity contribution < 1.29 is 9.90 Å². The minimum Gasteiger partial charge on any atom is -0.480 e. The maximum Gasteiger partial charge on any atom is 0.323 e. The Kier molecular flexibility index (Phi) is 2.20.